The molecule has 0 aromatic heterocycles. The lowest BCUT2D eigenvalue weighted by molar-refractivity contribution is -0.151. The molecule has 8 unspecified atom stereocenters. The second-order valence-corrected chi connectivity index (χ2v) is 18.5. The predicted octanol–water partition coefficient (Wildman–Crippen LogP) is 11.2. The summed E-state index contributed by atoms with van der Waals surface area (Å²) in [5, 5.41) is 2.07. The molecule has 51 heavy (non-hydrogen) atoms. The van der Waals surface area contributed by atoms with Crippen LogP contribution in [0.5, 0.6) is 5.75 Å². The molecular weight excluding hydrogens is 633 g/mol. The van der Waals surface area contributed by atoms with Crippen molar-refractivity contribution in [3.05, 3.63) is 53.6 Å². The van der Waals surface area contributed by atoms with Crippen LogP contribution in [0.15, 0.2) is 48.0 Å². The first-order valence-electron chi connectivity index (χ1n) is 20.8. The molecule has 1 heterocycles. The molecule has 2 aromatic carbocycles. The summed E-state index contributed by atoms with van der Waals surface area (Å²) in [6.07, 6.45) is 17.7. The fraction of sp³-hybridized carbons (Fsp3) is 0.717. The van der Waals surface area contributed by atoms with Gasteiger partial charge in [-0.2, -0.15) is 0 Å². The van der Waals surface area contributed by atoms with Crippen LogP contribution in [0.4, 0.5) is 0 Å². The normalized spacial score (nSPS) is 33.1. The summed E-state index contributed by atoms with van der Waals surface area (Å²) in [5.41, 5.74) is 3.16. The molecule has 4 fully saturated rings. The number of carbonyl (C=O) groups excluding carboxylic acids is 1. The molecule has 0 bridgehead atoms. The van der Waals surface area contributed by atoms with E-state index in [1.165, 1.54) is 51.4 Å². The van der Waals surface area contributed by atoms with Gasteiger partial charge in [-0.15, -0.1) is 0 Å². The molecule has 3 saturated carbocycles. The van der Waals surface area contributed by atoms with Crippen LogP contribution in [0.3, 0.4) is 0 Å². The molecular formula is C46H66O5. The standard InChI is InChI=1S/C46H66O5/c1-7-46(29-49-30-46)28-48-23-24-50-37-15-13-33-25-35(12-11-34(33)26-37)43(47)51-38-19-21-44(5)36(27-38)14-16-39-41-18-17-40(32(4)10-8-9-31(2)3)45(41,6)22-20-42(39)44/h11-15,25-26,31-32,38-42H,7-10,16-24,27-30H2,1-6H3. The Labute approximate surface area is 308 Å². The van der Waals surface area contributed by atoms with Crippen molar-refractivity contribution in [2.24, 2.45) is 51.8 Å². The fourth-order valence-corrected chi connectivity index (χ4v) is 11.7. The molecule has 7 rings (SSSR count). The van der Waals surface area contributed by atoms with Crippen LogP contribution in [-0.2, 0) is 14.2 Å². The smallest absolute Gasteiger partial charge is 0.338 e. The third-order valence-electron chi connectivity index (χ3n) is 15.1. The second kappa shape index (κ2) is 15.2. The topological polar surface area (TPSA) is 54.0 Å². The number of carbonyl (C=O) groups is 1. The molecule has 5 nitrogen and oxygen atoms in total. The molecule has 0 N–H and O–H groups in total. The van der Waals surface area contributed by atoms with Gasteiger partial charge in [0.2, 0.25) is 0 Å². The molecule has 0 amide bonds. The number of hydrogen-bond donors (Lipinski definition) is 0. The summed E-state index contributed by atoms with van der Waals surface area (Å²) in [5.74, 6) is 5.64. The minimum Gasteiger partial charge on any atom is -0.491 e. The lowest BCUT2D eigenvalue weighted by atomic mass is 9.47. The predicted molar refractivity (Wildman–Crippen MR) is 206 cm³/mol. The summed E-state index contributed by atoms with van der Waals surface area (Å²) in [6.45, 7) is 18.1. The SMILES string of the molecule is CCC1(COCCOc2ccc3cc(C(=O)OC4CCC5(C)C(=CCC6C5CCC5(C)C(C(C)CCCC(C)C)CCC65)C4)ccc3c2)COC1. The van der Waals surface area contributed by atoms with Gasteiger partial charge in [0.25, 0.3) is 0 Å². The number of rotatable bonds is 14. The van der Waals surface area contributed by atoms with Crippen molar-refractivity contribution in [2.75, 3.05) is 33.0 Å². The first kappa shape index (κ1) is 37.0. The van der Waals surface area contributed by atoms with Crippen LogP contribution in [0.2, 0.25) is 0 Å². The average molecular weight is 699 g/mol. The number of ether oxygens (including phenoxy) is 4. The molecule has 0 spiro atoms. The summed E-state index contributed by atoms with van der Waals surface area (Å²) in [7, 11) is 0. The number of esters is 1. The molecule has 0 radical (unpaired) electrons. The van der Waals surface area contributed by atoms with E-state index in [1.54, 1.807) is 5.57 Å². The summed E-state index contributed by atoms with van der Waals surface area (Å²) in [4.78, 5) is 13.5. The van der Waals surface area contributed by atoms with E-state index in [-0.39, 0.29) is 22.9 Å². The van der Waals surface area contributed by atoms with Crippen molar-refractivity contribution in [2.45, 2.75) is 125 Å². The molecule has 1 aliphatic heterocycles. The van der Waals surface area contributed by atoms with Gasteiger partial charge in [0.15, 0.2) is 0 Å². The minimum atomic E-state index is -0.202. The molecule has 5 heteroatoms. The third-order valence-corrected chi connectivity index (χ3v) is 15.1. The van der Waals surface area contributed by atoms with Gasteiger partial charge < -0.3 is 18.9 Å². The zero-order valence-corrected chi connectivity index (χ0v) is 32.6. The number of fused-ring (bicyclic) bond motifs is 6. The van der Waals surface area contributed by atoms with Gasteiger partial charge in [-0.1, -0.05) is 84.6 Å². The van der Waals surface area contributed by atoms with E-state index < -0.39 is 0 Å². The monoisotopic (exact) mass is 698 g/mol. The number of hydrogen-bond acceptors (Lipinski definition) is 5. The van der Waals surface area contributed by atoms with Crippen molar-refractivity contribution in [1.29, 1.82) is 0 Å². The Balaban J connectivity index is 0.922. The zero-order chi connectivity index (χ0) is 35.8. The molecule has 1 saturated heterocycles. The van der Waals surface area contributed by atoms with Crippen LogP contribution in [-0.4, -0.2) is 45.1 Å². The summed E-state index contributed by atoms with van der Waals surface area (Å²) >= 11 is 0. The number of allylic oxidation sites excluding steroid dienone is 1. The molecule has 8 atom stereocenters. The van der Waals surface area contributed by atoms with E-state index in [0.29, 0.717) is 24.2 Å². The van der Waals surface area contributed by atoms with Gasteiger partial charge in [0, 0.05) is 11.8 Å². The second-order valence-electron chi connectivity index (χ2n) is 18.5. The lowest BCUT2D eigenvalue weighted by Gasteiger charge is -2.58. The maximum Gasteiger partial charge on any atom is 0.338 e. The van der Waals surface area contributed by atoms with Crippen molar-refractivity contribution in [1.82, 2.24) is 0 Å². The zero-order valence-electron chi connectivity index (χ0n) is 32.6. The van der Waals surface area contributed by atoms with Crippen LogP contribution >= 0.6 is 0 Å². The molecule has 280 valence electrons. The van der Waals surface area contributed by atoms with Gasteiger partial charge in [0.1, 0.15) is 18.5 Å². The van der Waals surface area contributed by atoms with E-state index in [2.05, 4.69) is 47.6 Å². The highest BCUT2D eigenvalue weighted by Crippen LogP contribution is 2.67. The Hall–Kier alpha value is -2.37. The first-order chi connectivity index (χ1) is 24.5. The maximum absolute atomic E-state index is 13.5. The van der Waals surface area contributed by atoms with Gasteiger partial charge in [-0.3, -0.25) is 0 Å². The third kappa shape index (κ3) is 7.42. The van der Waals surface area contributed by atoms with Crippen molar-refractivity contribution >= 4 is 16.7 Å². The van der Waals surface area contributed by atoms with Crippen LogP contribution in [0, 0.1) is 51.8 Å². The Morgan fingerprint density at radius 2 is 1.73 bits per heavy atom. The number of benzene rings is 2. The van der Waals surface area contributed by atoms with E-state index in [1.807, 2.05) is 36.4 Å². The van der Waals surface area contributed by atoms with Crippen LogP contribution in [0.25, 0.3) is 10.8 Å². The van der Waals surface area contributed by atoms with Crippen LogP contribution in [0.1, 0.15) is 129 Å². The average Bonchev–Trinajstić information content (AvgIpc) is 3.46. The first-order valence-corrected chi connectivity index (χ1v) is 20.8. The van der Waals surface area contributed by atoms with Gasteiger partial charge >= 0.3 is 5.97 Å². The van der Waals surface area contributed by atoms with E-state index in [9.17, 15) is 4.79 Å². The van der Waals surface area contributed by atoms with E-state index >= 15 is 0 Å². The largest absolute Gasteiger partial charge is 0.491 e. The highest BCUT2D eigenvalue weighted by atomic mass is 16.5. The van der Waals surface area contributed by atoms with Crippen molar-refractivity contribution in [3.63, 3.8) is 0 Å². The van der Waals surface area contributed by atoms with E-state index in [4.69, 9.17) is 18.9 Å². The Bertz CT molecular complexity index is 1550. The van der Waals surface area contributed by atoms with E-state index in [0.717, 1.165) is 97.5 Å². The highest BCUT2D eigenvalue weighted by Gasteiger charge is 2.59. The summed E-state index contributed by atoms with van der Waals surface area (Å²) in [6, 6.07) is 11.9. The molecule has 5 aliphatic rings. The van der Waals surface area contributed by atoms with Crippen LogP contribution < -0.4 is 4.74 Å². The Morgan fingerprint density at radius 3 is 2.49 bits per heavy atom. The molecule has 4 aliphatic carbocycles. The van der Waals surface area contributed by atoms with Gasteiger partial charge in [-0.25, -0.2) is 4.79 Å². The quantitative estimate of drug-likeness (QED) is 0.112. The fourth-order valence-electron chi connectivity index (χ4n) is 11.7. The Kier molecular flexibility index (Phi) is 11.0. The van der Waals surface area contributed by atoms with Crippen molar-refractivity contribution in [3.8, 4) is 5.75 Å². The minimum absolute atomic E-state index is 0.0394. The van der Waals surface area contributed by atoms with Crippen molar-refractivity contribution < 1.29 is 23.7 Å². The maximum atomic E-state index is 13.5. The lowest BCUT2D eigenvalue weighted by Crippen LogP contribution is -2.51. The van der Waals surface area contributed by atoms with Gasteiger partial charge in [0.05, 0.1) is 32.0 Å². The van der Waals surface area contributed by atoms with Gasteiger partial charge in [-0.05, 0) is 133 Å². The Morgan fingerprint density at radius 1 is 0.922 bits per heavy atom. The molecule has 2 aromatic rings. The summed E-state index contributed by atoms with van der Waals surface area (Å²) < 4.78 is 23.5. The highest BCUT2D eigenvalue weighted by molar-refractivity contribution is 5.95.